The van der Waals surface area contributed by atoms with Crippen molar-refractivity contribution >= 4 is 16.9 Å². The Morgan fingerprint density at radius 1 is 1.04 bits per heavy atom. The Morgan fingerprint density at radius 2 is 1.73 bits per heavy atom. The van der Waals surface area contributed by atoms with Gasteiger partial charge in [0.2, 0.25) is 0 Å². The van der Waals surface area contributed by atoms with Gasteiger partial charge in [0, 0.05) is 11.5 Å². The Kier molecular flexibility index (Phi) is 4.94. The number of fused-ring (bicyclic) bond motifs is 1. The number of nitrogens with zero attached hydrogens (tertiary/aromatic N) is 1. The van der Waals surface area contributed by atoms with Crippen LogP contribution >= 0.6 is 0 Å². The monoisotopic (exact) mass is 349 g/mol. The molecule has 0 bridgehead atoms. The van der Waals surface area contributed by atoms with E-state index in [2.05, 4.69) is 50.0 Å². The zero-order valence-corrected chi connectivity index (χ0v) is 15.6. The fourth-order valence-corrected chi connectivity index (χ4v) is 2.73. The molecule has 134 valence electrons. The number of aromatic nitrogens is 1. The molecule has 0 fully saturated rings. The summed E-state index contributed by atoms with van der Waals surface area (Å²) < 4.78 is 10.8. The Bertz CT molecular complexity index is 924. The fraction of sp³-hybridized carbons (Fsp3) is 0.273. The Labute approximate surface area is 153 Å². The number of benzene rings is 2. The van der Waals surface area contributed by atoms with Crippen molar-refractivity contribution in [2.45, 2.75) is 32.8 Å². The van der Waals surface area contributed by atoms with E-state index >= 15 is 0 Å². The molecule has 2 aromatic carbocycles. The van der Waals surface area contributed by atoms with Gasteiger partial charge in [-0.25, -0.2) is 9.78 Å². The average Bonchev–Trinajstić information content (AvgIpc) is 2.64. The molecular weight excluding hydrogens is 326 g/mol. The van der Waals surface area contributed by atoms with Gasteiger partial charge >= 0.3 is 5.97 Å². The normalized spacial score (nSPS) is 11.4. The molecule has 0 aliphatic heterocycles. The Morgan fingerprint density at radius 3 is 2.38 bits per heavy atom. The lowest BCUT2D eigenvalue weighted by Crippen LogP contribution is -2.11. The first-order valence-electron chi connectivity index (χ1n) is 8.59. The van der Waals surface area contributed by atoms with E-state index in [1.54, 1.807) is 6.07 Å². The summed E-state index contributed by atoms with van der Waals surface area (Å²) in [4.78, 5) is 16.2. The number of pyridine rings is 1. The number of para-hydroxylation sites is 1. The summed E-state index contributed by atoms with van der Waals surface area (Å²) in [5.41, 5.74) is 3.41. The molecule has 0 N–H and O–H groups in total. The lowest BCUT2D eigenvalue weighted by atomic mass is 9.87. The third-order valence-electron chi connectivity index (χ3n) is 4.29. The van der Waals surface area contributed by atoms with Crippen LogP contribution in [-0.4, -0.2) is 18.1 Å². The van der Waals surface area contributed by atoms with Crippen molar-refractivity contribution in [3.8, 4) is 5.75 Å². The number of ether oxygens (including phenoxy) is 2. The lowest BCUT2D eigenvalue weighted by Gasteiger charge is -2.19. The van der Waals surface area contributed by atoms with Crippen molar-refractivity contribution in [3.05, 3.63) is 71.4 Å². The number of carbonyl (C=O) groups is 1. The van der Waals surface area contributed by atoms with Crippen LogP contribution < -0.4 is 4.74 Å². The molecule has 0 aliphatic carbocycles. The minimum Gasteiger partial charge on any atom is -0.488 e. The van der Waals surface area contributed by atoms with E-state index < -0.39 is 5.97 Å². The summed E-state index contributed by atoms with van der Waals surface area (Å²) in [6.45, 7) is 6.99. The molecule has 1 aromatic heterocycles. The highest BCUT2D eigenvalue weighted by Gasteiger charge is 2.14. The van der Waals surface area contributed by atoms with E-state index in [-0.39, 0.29) is 11.1 Å². The van der Waals surface area contributed by atoms with Gasteiger partial charge in [0.1, 0.15) is 12.4 Å². The summed E-state index contributed by atoms with van der Waals surface area (Å²) in [6, 6.07) is 17.6. The number of carbonyl (C=O) groups excluding carboxylic acids is 1. The van der Waals surface area contributed by atoms with E-state index in [4.69, 9.17) is 9.47 Å². The summed E-state index contributed by atoms with van der Waals surface area (Å²) in [6.07, 6.45) is 0. The van der Waals surface area contributed by atoms with Crippen molar-refractivity contribution in [2.24, 2.45) is 0 Å². The number of esters is 1. The van der Waals surface area contributed by atoms with Crippen molar-refractivity contribution in [2.75, 3.05) is 7.11 Å². The summed E-state index contributed by atoms with van der Waals surface area (Å²) in [5.74, 6) is 0.144. The SMILES string of the molecule is COC(=O)c1cc(OCc2ccc(C(C)(C)C)cc2)c2ccccc2n1. The first kappa shape index (κ1) is 17.9. The summed E-state index contributed by atoms with van der Waals surface area (Å²) >= 11 is 0. The first-order chi connectivity index (χ1) is 12.4. The van der Waals surface area contributed by atoms with Crippen LogP contribution in [0.15, 0.2) is 54.6 Å². The van der Waals surface area contributed by atoms with Gasteiger partial charge in [0.25, 0.3) is 0 Å². The average molecular weight is 349 g/mol. The zero-order valence-electron chi connectivity index (χ0n) is 15.6. The smallest absolute Gasteiger partial charge is 0.356 e. The van der Waals surface area contributed by atoms with Gasteiger partial charge in [0.15, 0.2) is 5.69 Å². The maximum absolute atomic E-state index is 11.9. The maximum Gasteiger partial charge on any atom is 0.356 e. The molecular formula is C22H23NO3. The van der Waals surface area contributed by atoms with Crippen molar-refractivity contribution in [1.82, 2.24) is 4.98 Å². The maximum atomic E-state index is 11.9. The van der Waals surface area contributed by atoms with Crippen LogP contribution in [0.5, 0.6) is 5.75 Å². The lowest BCUT2D eigenvalue weighted by molar-refractivity contribution is 0.0594. The highest BCUT2D eigenvalue weighted by molar-refractivity contribution is 5.93. The van der Waals surface area contributed by atoms with Crippen LogP contribution in [0.3, 0.4) is 0 Å². The highest BCUT2D eigenvalue weighted by atomic mass is 16.5. The minimum absolute atomic E-state index is 0.121. The second-order valence-corrected chi connectivity index (χ2v) is 7.25. The van der Waals surface area contributed by atoms with Gasteiger partial charge in [-0.2, -0.15) is 0 Å². The van der Waals surface area contributed by atoms with Crippen molar-refractivity contribution in [1.29, 1.82) is 0 Å². The predicted octanol–water partition coefficient (Wildman–Crippen LogP) is 4.90. The van der Waals surface area contributed by atoms with E-state index in [1.807, 2.05) is 24.3 Å². The minimum atomic E-state index is -0.477. The molecule has 0 saturated carbocycles. The number of rotatable bonds is 4. The molecule has 0 spiro atoms. The number of methoxy groups -OCH3 is 1. The summed E-state index contributed by atoms with van der Waals surface area (Å²) in [5, 5.41) is 0.867. The van der Waals surface area contributed by atoms with Crippen LogP contribution in [0.25, 0.3) is 10.9 Å². The molecule has 0 aliphatic rings. The zero-order chi connectivity index (χ0) is 18.7. The van der Waals surface area contributed by atoms with Crippen LogP contribution in [0, 0.1) is 0 Å². The van der Waals surface area contributed by atoms with Crippen molar-refractivity contribution in [3.63, 3.8) is 0 Å². The van der Waals surface area contributed by atoms with E-state index in [0.29, 0.717) is 17.9 Å². The van der Waals surface area contributed by atoms with E-state index in [1.165, 1.54) is 12.7 Å². The molecule has 3 rings (SSSR count). The van der Waals surface area contributed by atoms with Gasteiger partial charge < -0.3 is 9.47 Å². The summed E-state index contributed by atoms with van der Waals surface area (Å²) in [7, 11) is 1.34. The number of hydrogen-bond acceptors (Lipinski definition) is 4. The first-order valence-corrected chi connectivity index (χ1v) is 8.59. The number of hydrogen-bond donors (Lipinski definition) is 0. The second kappa shape index (κ2) is 7.16. The van der Waals surface area contributed by atoms with E-state index in [9.17, 15) is 4.79 Å². The van der Waals surface area contributed by atoms with Gasteiger partial charge in [-0.3, -0.25) is 0 Å². The molecule has 1 heterocycles. The molecule has 0 radical (unpaired) electrons. The van der Waals surface area contributed by atoms with Gasteiger partial charge in [-0.1, -0.05) is 57.2 Å². The standard InChI is InChI=1S/C22H23NO3/c1-22(2,3)16-11-9-15(10-12-16)14-26-20-13-19(21(24)25-4)23-18-8-6-5-7-17(18)20/h5-13H,14H2,1-4H3. The van der Waals surface area contributed by atoms with Crippen molar-refractivity contribution < 1.29 is 14.3 Å². The third-order valence-corrected chi connectivity index (χ3v) is 4.29. The largest absolute Gasteiger partial charge is 0.488 e. The molecule has 0 atom stereocenters. The van der Waals surface area contributed by atoms with Gasteiger partial charge in [-0.05, 0) is 28.7 Å². The fourth-order valence-electron chi connectivity index (χ4n) is 2.73. The third kappa shape index (κ3) is 3.85. The topological polar surface area (TPSA) is 48.4 Å². The quantitative estimate of drug-likeness (QED) is 0.629. The molecule has 0 amide bonds. The Balaban J connectivity index is 1.87. The molecule has 26 heavy (non-hydrogen) atoms. The van der Waals surface area contributed by atoms with Crippen LogP contribution in [-0.2, 0) is 16.8 Å². The molecule has 0 unspecified atom stereocenters. The predicted molar refractivity (Wildman–Crippen MR) is 103 cm³/mol. The van der Waals surface area contributed by atoms with Gasteiger partial charge in [0.05, 0.1) is 12.6 Å². The van der Waals surface area contributed by atoms with E-state index in [0.717, 1.165) is 10.9 Å². The molecule has 4 heteroatoms. The van der Waals surface area contributed by atoms with Crippen LogP contribution in [0.2, 0.25) is 0 Å². The van der Waals surface area contributed by atoms with Crippen LogP contribution in [0.4, 0.5) is 0 Å². The highest BCUT2D eigenvalue weighted by Crippen LogP contribution is 2.27. The second-order valence-electron chi connectivity index (χ2n) is 7.25. The molecule has 0 saturated heterocycles. The Hall–Kier alpha value is -2.88. The van der Waals surface area contributed by atoms with Crippen LogP contribution in [0.1, 0.15) is 42.4 Å². The molecule has 3 aromatic rings. The molecule has 4 nitrogen and oxygen atoms in total. The van der Waals surface area contributed by atoms with Gasteiger partial charge in [-0.15, -0.1) is 0 Å².